The summed E-state index contributed by atoms with van der Waals surface area (Å²) in [6, 6.07) is 11.4. The summed E-state index contributed by atoms with van der Waals surface area (Å²) in [5.41, 5.74) is -0.232. The van der Waals surface area contributed by atoms with Crippen LogP contribution in [0.4, 0.5) is 0 Å². The molecule has 0 aliphatic carbocycles. The third kappa shape index (κ3) is 3.28. The van der Waals surface area contributed by atoms with Crippen LogP contribution < -0.4 is 4.89 Å². The monoisotopic (exact) mass is 290 g/mol. The first-order valence-corrected chi connectivity index (χ1v) is 5.75. The van der Waals surface area contributed by atoms with E-state index < -0.39 is 11.9 Å². The predicted molar refractivity (Wildman–Crippen MR) is 68.6 cm³/mol. The van der Waals surface area contributed by atoms with E-state index in [1.54, 1.807) is 6.07 Å². The summed E-state index contributed by atoms with van der Waals surface area (Å²) in [4.78, 5) is 35.9. The van der Waals surface area contributed by atoms with Gasteiger partial charge in [0.1, 0.15) is 16.9 Å². The molecule has 7 nitrogen and oxygen atoms in total. The quantitative estimate of drug-likeness (QED) is 0.657. The molecule has 7 heteroatoms. The number of benzene rings is 2. The average Bonchev–Trinajstić information content (AvgIpc) is 2.52. The molecule has 2 N–H and O–H groups in total. The van der Waals surface area contributed by atoms with Crippen LogP contribution in [0.1, 0.15) is 20.7 Å². The highest BCUT2D eigenvalue weighted by molar-refractivity contribution is 5.93. The number of carbonyl (C=O) groups is 2. The summed E-state index contributed by atoms with van der Waals surface area (Å²) in [5, 5.41) is 17.9. The zero-order valence-corrected chi connectivity index (χ0v) is 10.6. The Kier molecular flexibility index (Phi) is 4.37. The van der Waals surface area contributed by atoms with Crippen molar-refractivity contribution in [3.05, 3.63) is 59.7 Å². The van der Waals surface area contributed by atoms with Gasteiger partial charge in [-0.2, -0.15) is 5.26 Å². The number of carbonyl (C=O) groups excluding carboxylic acids is 2. The fraction of sp³-hybridized carbons (Fsp3) is 0. The molecule has 0 fully saturated rings. The normalized spacial score (nSPS) is 9.76. The van der Waals surface area contributed by atoms with Crippen molar-refractivity contribution in [3.63, 3.8) is 0 Å². The van der Waals surface area contributed by atoms with Crippen LogP contribution in [-0.2, 0) is 9.78 Å². The van der Waals surface area contributed by atoms with Gasteiger partial charge in [0.2, 0.25) is 0 Å². The SMILES string of the molecule is O=C(OOc1ccccc1C(=O)OO)c1ccccc1O. The van der Waals surface area contributed by atoms with E-state index in [2.05, 4.69) is 9.78 Å². The number of aromatic hydroxyl groups is 1. The van der Waals surface area contributed by atoms with E-state index in [0.717, 1.165) is 0 Å². The number of phenols is 1. The van der Waals surface area contributed by atoms with Crippen LogP contribution >= 0.6 is 0 Å². The molecule has 0 saturated heterocycles. The Morgan fingerprint density at radius 2 is 1.48 bits per heavy atom. The Morgan fingerprint density at radius 1 is 0.857 bits per heavy atom. The van der Waals surface area contributed by atoms with E-state index in [-0.39, 0.29) is 22.6 Å². The molecule has 0 unspecified atom stereocenters. The minimum absolute atomic E-state index is 0.0975. The zero-order chi connectivity index (χ0) is 15.2. The summed E-state index contributed by atoms with van der Waals surface area (Å²) >= 11 is 0. The molecule has 0 atom stereocenters. The molecule has 2 aromatic rings. The average molecular weight is 290 g/mol. The lowest BCUT2D eigenvalue weighted by Gasteiger charge is -2.07. The highest BCUT2D eigenvalue weighted by Crippen LogP contribution is 2.21. The lowest BCUT2D eigenvalue weighted by Crippen LogP contribution is -2.11. The third-order valence-corrected chi connectivity index (χ3v) is 2.52. The Balaban J connectivity index is 2.12. The van der Waals surface area contributed by atoms with Crippen molar-refractivity contribution >= 4 is 11.9 Å². The maximum Gasteiger partial charge on any atom is 0.389 e. The van der Waals surface area contributed by atoms with Gasteiger partial charge in [0.05, 0.1) is 0 Å². The largest absolute Gasteiger partial charge is 0.507 e. The minimum Gasteiger partial charge on any atom is -0.507 e. The maximum absolute atomic E-state index is 11.7. The van der Waals surface area contributed by atoms with Crippen LogP contribution in [0.3, 0.4) is 0 Å². The van der Waals surface area contributed by atoms with Gasteiger partial charge in [0, 0.05) is 0 Å². The van der Waals surface area contributed by atoms with Crippen molar-refractivity contribution in [2.75, 3.05) is 0 Å². The first-order chi connectivity index (χ1) is 10.1. The first kappa shape index (κ1) is 14.4. The van der Waals surface area contributed by atoms with Crippen LogP contribution in [-0.4, -0.2) is 22.3 Å². The third-order valence-electron chi connectivity index (χ3n) is 2.52. The molecular weight excluding hydrogens is 280 g/mol. The van der Waals surface area contributed by atoms with Crippen LogP contribution in [0, 0.1) is 0 Å². The topological polar surface area (TPSA) is 102 Å². The van der Waals surface area contributed by atoms with E-state index in [4.69, 9.17) is 10.1 Å². The molecule has 0 heterocycles. The molecule has 0 saturated carbocycles. The molecule has 0 aliphatic rings. The Labute approximate surface area is 118 Å². The number of hydrogen-bond donors (Lipinski definition) is 2. The van der Waals surface area contributed by atoms with Gasteiger partial charge in [-0.3, -0.25) is 9.78 Å². The molecular formula is C14H10O7. The van der Waals surface area contributed by atoms with Crippen LogP contribution in [0.2, 0.25) is 0 Å². The Morgan fingerprint density at radius 3 is 2.14 bits per heavy atom. The number of para-hydroxylation sites is 2. The number of hydrogen-bond acceptors (Lipinski definition) is 7. The van der Waals surface area contributed by atoms with Gasteiger partial charge in [-0.15, -0.1) is 0 Å². The molecule has 0 amide bonds. The van der Waals surface area contributed by atoms with E-state index in [9.17, 15) is 14.7 Å². The number of rotatable bonds is 4. The van der Waals surface area contributed by atoms with Crippen molar-refractivity contribution < 1.29 is 34.6 Å². The summed E-state index contributed by atoms with van der Waals surface area (Å²) in [6.07, 6.45) is 0. The van der Waals surface area contributed by atoms with Gasteiger partial charge >= 0.3 is 11.9 Å². The zero-order valence-electron chi connectivity index (χ0n) is 10.6. The van der Waals surface area contributed by atoms with Gasteiger partial charge in [0.25, 0.3) is 0 Å². The van der Waals surface area contributed by atoms with E-state index >= 15 is 0 Å². The van der Waals surface area contributed by atoms with Crippen LogP contribution in [0.15, 0.2) is 48.5 Å². The molecule has 0 spiro atoms. The van der Waals surface area contributed by atoms with Gasteiger partial charge in [-0.25, -0.2) is 14.5 Å². The number of phenolic OH excluding ortho intramolecular Hbond substituents is 1. The molecule has 2 rings (SSSR count). The molecule has 0 bridgehead atoms. The van der Waals surface area contributed by atoms with Crippen LogP contribution in [0.5, 0.6) is 11.5 Å². The van der Waals surface area contributed by atoms with Crippen molar-refractivity contribution in [2.24, 2.45) is 0 Å². The van der Waals surface area contributed by atoms with Gasteiger partial charge in [-0.05, 0) is 24.3 Å². The summed E-state index contributed by atoms with van der Waals surface area (Å²) in [6.45, 7) is 0. The van der Waals surface area contributed by atoms with Gasteiger partial charge in [-0.1, -0.05) is 24.3 Å². The Hall–Kier alpha value is -3.06. The fourth-order valence-corrected chi connectivity index (χ4v) is 1.53. The fourth-order valence-electron chi connectivity index (χ4n) is 1.53. The lowest BCUT2D eigenvalue weighted by molar-refractivity contribution is -0.184. The molecule has 0 aromatic heterocycles. The van der Waals surface area contributed by atoms with E-state index in [1.807, 2.05) is 0 Å². The second-order valence-electron chi connectivity index (χ2n) is 3.85. The predicted octanol–water partition coefficient (Wildman–Crippen LogP) is 2.17. The highest BCUT2D eigenvalue weighted by atomic mass is 17.2. The standard InChI is InChI=1S/C14H10O7/c15-11-7-3-1-5-9(11)14(17)21-20-12-8-4-2-6-10(12)13(16)19-18/h1-8,15,18H. The second kappa shape index (κ2) is 6.40. The maximum atomic E-state index is 11.7. The van der Waals surface area contributed by atoms with Crippen molar-refractivity contribution in [1.82, 2.24) is 0 Å². The highest BCUT2D eigenvalue weighted by Gasteiger charge is 2.18. The summed E-state index contributed by atoms with van der Waals surface area (Å²) in [5.74, 6) is -2.40. The van der Waals surface area contributed by atoms with Gasteiger partial charge < -0.3 is 5.11 Å². The second-order valence-corrected chi connectivity index (χ2v) is 3.85. The van der Waals surface area contributed by atoms with Gasteiger partial charge in [0.15, 0.2) is 5.75 Å². The lowest BCUT2D eigenvalue weighted by atomic mass is 10.2. The molecule has 21 heavy (non-hydrogen) atoms. The Bertz CT molecular complexity index is 666. The molecule has 2 aromatic carbocycles. The minimum atomic E-state index is -1.07. The van der Waals surface area contributed by atoms with Crippen molar-refractivity contribution in [1.29, 1.82) is 0 Å². The smallest absolute Gasteiger partial charge is 0.389 e. The van der Waals surface area contributed by atoms with E-state index in [1.165, 1.54) is 42.5 Å². The van der Waals surface area contributed by atoms with Crippen molar-refractivity contribution in [2.45, 2.75) is 0 Å². The molecule has 0 radical (unpaired) electrons. The van der Waals surface area contributed by atoms with Crippen LogP contribution in [0.25, 0.3) is 0 Å². The van der Waals surface area contributed by atoms with E-state index in [0.29, 0.717) is 0 Å². The molecule has 108 valence electrons. The van der Waals surface area contributed by atoms with Crippen molar-refractivity contribution in [3.8, 4) is 11.5 Å². The summed E-state index contributed by atoms with van der Waals surface area (Å²) < 4.78 is 0. The summed E-state index contributed by atoms with van der Waals surface area (Å²) in [7, 11) is 0. The first-order valence-electron chi connectivity index (χ1n) is 5.75. The molecule has 0 aliphatic heterocycles.